The molecule has 1 N–H and O–H groups in total. The van der Waals surface area contributed by atoms with Crippen molar-refractivity contribution in [2.45, 2.75) is 0 Å². The minimum atomic E-state index is -1.23. The molecule has 0 radical (unpaired) electrons. The Kier molecular flexibility index (Phi) is 3.34. The fraction of sp³-hybridized carbons (Fsp3) is 0.182. The topological polar surface area (TPSA) is 116 Å². The molecule has 9 nitrogen and oxygen atoms in total. The molecule has 0 saturated heterocycles. The quantitative estimate of drug-likeness (QED) is 0.793. The third kappa shape index (κ3) is 2.28. The predicted molar refractivity (Wildman–Crippen MR) is 66.0 cm³/mol. The molecule has 0 saturated carbocycles. The summed E-state index contributed by atoms with van der Waals surface area (Å²) in [5.74, 6) is -1.78. The van der Waals surface area contributed by atoms with Gasteiger partial charge in [0.25, 0.3) is 0 Å². The normalized spacial score (nSPS) is 10.3. The van der Waals surface area contributed by atoms with Crippen LogP contribution in [0.15, 0.2) is 28.0 Å². The Balaban J connectivity index is 2.54. The second-order valence-corrected chi connectivity index (χ2v) is 3.85. The molecular weight excluding hydrogens is 268 g/mol. The molecule has 0 aliphatic heterocycles. The van der Waals surface area contributed by atoms with Crippen molar-refractivity contribution in [3.05, 3.63) is 44.9 Å². The van der Waals surface area contributed by atoms with E-state index in [1.54, 1.807) is 0 Å². The molecule has 2 rings (SSSR count). The van der Waals surface area contributed by atoms with Gasteiger partial charge in [-0.15, -0.1) is 5.10 Å². The maximum absolute atomic E-state index is 11.8. The number of pyridine rings is 1. The fourth-order valence-corrected chi connectivity index (χ4v) is 1.48. The van der Waals surface area contributed by atoms with Crippen molar-refractivity contribution in [3.63, 3.8) is 0 Å². The number of ether oxygens (including phenoxy) is 1. The van der Waals surface area contributed by atoms with Crippen LogP contribution < -0.4 is 16.0 Å². The lowest BCUT2D eigenvalue weighted by atomic mass is 10.2. The largest absolute Gasteiger partial charge is 0.478 e. The van der Waals surface area contributed by atoms with E-state index in [1.807, 2.05) is 0 Å². The first-order valence-electron chi connectivity index (χ1n) is 5.41. The van der Waals surface area contributed by atoms with Crippen molar-refractivity contribution in [3.8, 4) is 11.6 Å². The molecule has 104 valence electrons. The lowest BCUT2D eigenvalue weighted by Crippen LogP contribution is -2.38. The number of hydrogen-bond acceptors (Lipinski definition) is 6. The summed E-state index contributed by atoms with van der Waals surface area (Å²) in [6.45, 7) is 0. The highest BCUT2D eigenvalue weighted by molar-refractivity contribution is 5.90. The smallest absolute Gasteiger partial charge is 0.347 e. The van der Waals surface area contributed by atoms with E-state index in [2.05, 4.69) is 10.1 Å². The Morgan fingerprint density at radius 1 is 1.35 bits per heavy atom. The lowest BCUT2D eigenvalue weighted by molar-refractivity contribution is 0.0694. The molecule has 0 fully saturated rings. The predicted octanol–water partition coefficient (Wildman–Crippen LogP) is -0.636. The number of hydrogen-bond donors (Lipinski definition) is 1. The van der Waals surface area contributed by atoms with Gasteiger partial charge in [-0.05, 0) is 6.07 Å². The molecule has 0 unspecified atom stereocenters. The summed E-state index contributed by atoms with van der Waals surface area (Å²) >= 11 is 0. The number of aromatic nitrogens is 4. The molecule has 2 aromatic rings. The van der Waals surface area contributed by atoms with Crippen LogP contribution in [0, 0.1) is 0 Å². The van der Waals surface area contributed by atoms with E-state index < -0.39 is 23.1 Å². The minimum Gasteiger partial charge on any atom is -0.478 e. The number of aryl methyl sites for hydroxylation is 1. The van der Waals surface area contributed by atoms with Gasteiger partial charge >= 0.3 is 23.1 Å². The molecular formula is C11H10N4O5. The van der Waals surface area contributed by atoms with Gasteiger partial charge in [-0.3, -0.25) is 14.3 Å². The summed E-state index contributed by atoms with van der Waals surface area (Å²) in [5, 5.41) is 12.7. The zero-order chi connectivity index (χ0) is 14.9. The molecule has 0 aliphatic rings. The molecule has 2 heterocycles. The van der Waals surface area contributed by atoms with E-state index in [0.717, 1.165) is 15.4 Å². The van der Waals surface area contributed by atoms with Crippen molar-refractivity contribution in [2.75, 3.05) is 0 Å². The van der Waals surface area contributed by atoms with Crippen molar-refractivity contribution in [1.29, 1.82) is 0 Å². The van der Waals surface area contributed by atoms with Gasteiger partial charge in [0, 0.05) is 20.3 Å². The van der Waals surface area contributed by atoms with E-state index in [0.29, 0.717) is 0 Å². The summed E-state index contributed by atoms with van der Waals surface area (Å²) < 4.78 is 6.89. The van der Waals surface area contributed by atoms with Gasteiger partial charge in [-0.1, -0.05) is 0 Å². The maximum Gasteiger partial charge on any atom is 0.347 e. The Morgan fingerprint density at radius 3 is 2.70 bits per heavy atom. The Labute approximate surface area is 111 Å². The van der Waals surface area contributed by atoms with Crippen LogP contribution in [0.1, 0.15) is 10.4 Å². The minimum absolute atomic E-state index is 0.136. The summed E-state index contributed by atoms with van der Waals surface area (Å²) in [6.07, 6.45) is 2.43. The zero-order valence-corrected chi connectivity index (χ0v) is 10.6. The number of nitrogens with zero attached hydrogens (tertiary/aromatic N) is 4. The summed E-state index contributed by atoms with van der Waals surface area (Å²) in [6, 6.07) is 1.23. The van der Waals surface area contributed by atoms with E-state index >= 15 is 0 Å². The molecule has 0 aliphatic carbocycles. The van der Waals surface area contributed by atoms with Gasteiger partial charge in [0.15, 0.2) is 5.75 Å². The van der Waals surface area contributed by atoms with Crippen LogP contribution in [0.4, 0.5) is 0 Å². The van der Waals surface area contributed by atoms with Crippen LogP contribution in [0.2, 0.25) is 0 Å². The van der Waals surface area contributed by atoms with Crippen molar-refractivity contribution < 1.29 is 14.6 Å². The van der Waals surface area contributed by atoms with Gasteiger partial charge in [0.1, 0.15) is 5.56 Å². The van der Waals surface area contributed by atoms with Crippen LogP contribution in [0.3, 0.4) is 0 Å². The summed E-state index contributed by atoms with van der Waals surface area (Å²) in [7, 11) is 2.61. The lowest BCUT2D eigenvalue weighted by Gasteiger charge is -2.08. The van der Waals surface area contributed by atoms with Crippen molar-refractivity contribution >= 4 is 5.97 Å². The first-order valence-corrected chi connectivity index (χ1v) is 5.41. The van der Waals surface area contributed by atoms with Crippen molar-refractivity contribution in [2.24, 2.45) is 14.1 Å². The van der Waals surface area contributed by atoms with E-state index in [1.165, 1.54) is 26.4 Å². The molecule has 0 bridgehead atoms. The number of carbonyl (C=O) groups is 1. The van der Waals surface area contributed by atoms with E-state index in [9.17, 15) is 14.4 Å². The van der Waals surface area contributed by atoms with Crippen LogP contribution in [-0.4, -0.2) is 30.4 Å². The standard InChI is InChI=1S/C11H10N4O5/c1-14-9(16)8(13-15(2)11(14)19)20-7-5-12-4-3-6(7)10(17)18/h3-5H,1-2H3,(H,17,18). The van der Waals surface area contributed by atoms with E-state index in [-0.39, 0.29) is 11.3 Å². The van der Waals surface area contributed by atoms with Crippen LogP contribution >= 0.6 is 0 Å². The molecule has 0 atom stereocenters. The highest BCUT2D eigenvalue weighted by Crippen LogP contribution is 2.20. The number of carboxylic acids is 1. The van der Waals surface area contributed by atoms with Gasteiger partial charge in [-0.2, -0.15) is 0 Å². The molecule has 0 spiro atoms. The monoisotopic (exact) mass is 278 g/mol. The third-order valence-electron chi connectivity index (χ3n) is 2.51. The second-order valence-electron chi connectivity index (χ2n) is 3.85. The summed E-state index contributed by atoms with van der Waals surface area (Å²) in [5.41, 5.74) is -1.56. The highest BCUT2D eigenvalue weighted by Gasteiger charge is 2.16. The molecule has 9 heteroatoms. The number of rotatable bonds is 3. The van der Waals surface area contributed by atoms with Crippen LogP contribution in [0.5, 0.6) is 11.6 Å². The fourth-order valence-electron chi connectivity index (χ4n) is 1.48. The summed E-state index contributed by atoms with van der Waals surface area (Å²) in [4.78, 5) is 38.0. The second kappa shape index (κ2) is 4.96. The van der Waals surface area contributed by atoms with Gasteiger partial charge in [-0.25, -0.2) is 14.3 Å². The average Bonchev–Trinajstić information content (AvgIpc) is 2.43. The maximum atomic E-state index is 11.8. The SMILES string of the molecule is Cn1nc(Oc2cnccc2C(=O)O)c(=O)n(C)c1=O. The first-order chi connectivity index (χ1) is 9.41. The van der Waals surface area contributed by atoms with Crippen molar-refractivity contribution in [1.82, 2.24) is 19.3 Å². The zero-order valence-electron chi connectivity index (χ0n) is 10.6. The number of carboxylic acid groups (broad SMARTS) is 1. The van der Waals surface area contributed by atoms with Crippen LogP contribution in [0.25, 0.3) is 0 Å². The number of aromatic carboxylic acids is 1. The van der Waals surface area contributed by atoms with Crippen LogP contribution in [-0.2, 0) is 14.1 Å². The molecule has 20 heavy (non-hydrogen) atoms. The molecule has 0 amide bonds. The van der Waals surface area contributed by atoms with Gasteiger partial charge in [0.05, 0.1) is 6.20 Å². The Bertz CT molecular complexity index is 792. The molecule has 0 aromatic carbocycles. The highest BCUT2D eigenvalue weighted by atomic mass is 16.5. The van der Waals surface area contributed by atoms with Gasteiger partial charge < -0.3 is 9.84 Å². The Morgan fingerprint density at radius 2 is 2.05 bits per heavy atom. The first kappa shape index (κ1) is 13.5. The Hall–Kier alpha value is -2.97. The third-order valence-corrected chi connectivity index (χ3v) is 2.51. The van der Waals surface area contributed by atoms with Gasteiger partial charge in [0.2, 0.25) is 0 Å². The van der Waals surface area contributed by atoms with E-state index in [4.69, 9.17) is 9.84 Å². The average molecular weight is 278 g/mol. The molecule has 2 aromatic heterocycles.